The molecule has 0 aliphatic heterocycles. The maximum atomic E-state index is 4.71. The largest absolute Gasteiger partial charge is 0.345 e. The topological polar surface area (TPSA) is 27.6 Å². The van der Waals surface area contributed by atoms with Crippen LogP contribution >= 0.6 is 0 Å². The molecule has 0 aliphatic carbocycles. The summed E-state index contributed by atoms with van der Waals surface area (Å²) in [6.07, 6.45) is 22.3. The van der Waals surface area contributed by atoms with Crippen LogP contribution in [-0.2, 0) is 5.54 Å². The molecule has 172 valence electrons. The Labute approximate surface area is 192 Å². The van der Waals surface area contributed by atoms with Gasteiger partial charge >= 0.3 is 0 Å². The molecule has 2 rings (SSSR count). The number of hydrogen-bond acceptors (Lipinski definition) is 0. The first-order valence-corrected chi connectivity index (χ1v) is 13.2. The Morgan fingerprint density at radius 1 is 0.484 bits per heavy atom. The Morgan fingerprint density at radius 3 is 1.16 bits per heavy atom. The van der Waals surface area contributed by atoms with E-state index >= 15 is 0 Å². The fourth-order valence-corrected chi connectivity index (χ4v) is 4.77. The van der Waals surface area contributed by atoms with Crippen LogP contribution in [0.15, 0.2) is 60.7 Å². The van der Waals surface area contributed by atoms with Crippen molar-refractivity contribution in [2.45, 2.75) is 115 Å². The molecule has 2 aromatic carbocycles. The van der Waals surface area contributed by atoms with Gasteiger partial charge in [0.25, 0.3) is 0 Å². The Morgan fingerprint density at radius 2 is 0.806 bits per heavy atom. The first-order valence-electron chi connectivity index (χ1n) is 13.2. The van der Waals surface area contributed by atoms with Gasteiger partial charge < -0.3 is 5.73 Å². The van der Waals surface area contributed by atoms with E-state index in [2.05, 4.69) is 67.6 Å². The van der Waals surface area contributed by atoms with Crippen molar-refractivity contribution in [1.82, 2.24) is 0 Å². The monoisotopic (exact) mass is 422 g/mol. The van der Waals surface area contributed by atoms with Crippen molar-refractivity contribution < 1.29 is 5.73 Å². The summed E-state index contributed by atoms with van der Waals surface area (Å²) in [6.45, 7) is 2.30. The second-order valence-electron chi connectivity index (χ2n) is 9.51. The van der Waals surface area contributed by atoms with Gasteiger partial charge in [-0.15, -0.1) is 0 Å². The van der Waals surface area contributed by atoms with E-state index in [9.17, 15) is 0 Å². The minimum absolute atomic E-state index is 0.126. The predicted molar refractivity (Wildman–Crippen MR) is 136 cm³/mol. The lowest BCUT2D eigenvalue weighted by molar-refractivity contribution is -0.473. The van der Waals surface area contributed by atoms with Crippen LogP contribution in [0.2, 0.25) is 0 Å². The molecule has 0 atom stereocenters. The fourth-order valence-electron chi connectivity index (χ4n) is 4.77. The number of unbranched alkanes of at least 4 members (excludes halogenated alkanes) is 14. The average Bonchev–Trinajstić information content (AvgIpc) is 2.82. The summed E-state index contributed by atoms with van der Waals surface area (Å²) in [4.78, 5) is 0. The highest BCUT2D eigenvalue weighted by Crippen LogP contribution is 2.30. The van der Waals surface area contributed by atoms with Crippen molar-refractivity contribution >= 4 is 0 Å². The minimum Gasteiger partial charge on any atom is -0.345 e. The average molecular weight is 423 g/mol. The molecule has 0 unspecified atom stereocenters. The summed E-state index contributed by atoms with van der Waals surface area (Å²) in [6, 6.07) is 21.7. The third-order valence-corrected chi connectivity index (χ3v) is 6.86. The predicted octanol–water partition coefficient (Wildman–Crippen LogP) is 8.43. The quantitative estimate of drug-likeness (QED) is 0.233. The molecule has 0 radical (unpaired) electrons. The molecule has 3 N–H and O–H groups in total. The first-order chi connectivity index (χ1) is 15.3. The van der Waals surface area contributed by atoms with Gasteiger partial charge in [0.2, 0.25) is 0 Å². The van der Waals surface area contributed by atoms with Gasteiger partial charge in [-0.25, -0.2) is 0 Å². The molecule has 0 saturated heterocycles. The molecule has 1 heteroatoms. The standard InChI is InChI=1S/C30H47N/c1-2-3-4-5-6-7-8-9-10-11-12-13-14-15-22-27-30(31,28-23-18-16-19-24-28)29-25-20-17-21-26-29/h16-21,23-26H,2-15,22,27,31H2,1H3/p+1. The van der Waals surface area contributed by atoms with Gasteiger partial charge in [0, 0.05) is 17.5 Å². The van der Waals surface area contributed by atoms with E-state index in [1.54, 1.807) is 0 Å². The summed E-state index contributed by atoms with van der Waals surface area (Å²) in [5, 5.41) is 0. The second-order valence-corrected chi connectivity index (χ2v) is 9.51. The molecule has 0 bridgehead atoms. The van der Waals surface area contributed by atoms with Crippen LogP contribution in [0, 0.1) is 0 Å². The number of rotatable bonds is 18. The van der Waals surface area contributed by atoms with E-state index < -0.39 is 0 Å². The van der Waals surface area contributed by atoms with Crippen LogP contribution in [0.1, 0.15) is 121 Å². The summed E-state index contributed by atoms with van der Waals surface area (Å²) in [5.74, 6) is 0. The normalized spacial score (nSPS) is 11.7. The molecular weight excluding hydrogens is 374 g/mol. The lowest BCUT2D eigenvalue weighted by Crippen LogP contribution is -2.70. The molecule has 1 nitrogen and oxygen atoms in total. The minimum atomic E-state index is -0.126. The Balaban J connectivity index is 1.56. The Kier molecular flexibility index (Phi) is 13.3. The molecule has 2 aromatic rings. The highest BCUT2D eigenvalue weighted by atomic mass is 14.7. The van der Waals surface area contributed by atoms with E-state index in [0.717, 1.165) is 6.42 Å². The van der Waals surface area contributed by atoms with Crippen LogP contribution in [0.4, 0.5) is 0 Å². The lowest BCUT2D eigenvalue weighted by atomic mass is 9.79. The smallest absolute Gasteiger partial charge is 0.146 e. The van der Waals surface area contributed by atoms with Gasteiger partial charge in [-0.2, -0.15) is 0 Å². The molecule has 0 aromatic heterocycles. The van der Waals surface area contributed by atoms with Crippen LogP contribution < -0.4 is 5.73 Å². The maximum Gasteiger partial charge on any atom is 0.146 e. The molecule has 0 amide bonds. The van der Waals surface area contributed by atoms with Gasteiger partial charge in [0.1, 0.15) is 5.54 Å². The zero-order valence-corrected chi connectivity index (χ0v) is 20.3. The third kappa shape index (κ3) is 10.0. The maximum absolute atomic E-state index is 4.71. The number of hydrogen-bond donors (Lipinski definition) is 1. The summed E-state index contributed by atoms with van der Waals surface area (Å²) in [7, 11) is 0. The van der Waals surface area contributed by atoms with Crippen molar-refractivity contribution in [3.05, 3.63) is 71.8 Å². The van der Waals surface area contributed by atoms with Gasteiger partial charge in [-0.1, -0.05) is 157 Å². The van der Waals surface area contributed by atoms with Gasteiger partial charge in [0.05, 0.1) is 0 Å². The first kappa shape index (κ1) is 25.7. The molecular formula is C30H48N+. The van der Waals surface area contributed by atoms with Crippen molar-refractivity contribution in [2.75, 3.05) is 0 Å². The van der Waals surface area contributed by atoms with Crippen molar-refractivity contribution in [3.8, 4) is 0 Å². The van der Waals surface area contributed by atoms with E-state index in [-0.39, 0.29) is 5.54 Å². The van der Waals surface area contributed by atoms with E-state index in [0.29, 0.717) is 0 Å². The molecule has 0 heterocycles. The fraction of sp³-hybridized carbons (Fsp3) is 0.600. The van der Waals surface area contributed by atoms with E-state index in [1.807, 2.05) is 0 Å². The van der Waals surface area contributed by atoms with E-state index in [4.69, 9.17) is 5.73 Å². The zero-order chi connectivity index (χ0) is 22.0. The van der Waals surface area contributed by atoms with Crippen LogP contribution in [-0.4, -0.2) is 0 Å². The number of quaternary nitrogens is 1. The molecule has 0 aliphatic rings. The third-order valence-electron chi connectivity index (χ3n) is 6.86. The van der Waals surface area contributed by atoms with E-state index in [1.165, 1.54) is 107 Å². The molecule has 0 saturated carbocycles. The van der Waals surface area contributed by atoms with Gasteiger partial charge in [0.15, 0.2) is 0 Å². The number of benzene rings is 2. The summed E-state index contributed by atoms with van der Waals surface area (Å²) >= 11 is 0. The zero-order valence-electron chi connectivity index (χ0n) is 20.3. The van der Waals surface area contributed by atoms with Crippen molar-refractivity contribution in [3.63, 3.8) is 0 Å². The van der Waals surface area contributed by atoms with Crippen molar-refractivity contribution in [1.29, 1.82) is 0 Å². The van der Waals surface area contributed by atoms with Crippen LogP contribution in [0.25, 0.3) is 0 Å². The highest BCUT2D eigenvalue weighted by Gasteiger charge is 2.32. The van der Waals surface area contributed by atoms with Gasteiger partial charge in [-0.05, 0) is 6.42 Å². The molecule has 31 heavy (non-hydrogen) atoms. The molecule has 0 spiro atoms. The van der Waals surface area contributed by atoms with Gasteiger partial charge in [-0.3, -0.25) is 0 Å². The summed E-state index contributed by atoms with van der Waals surface area (Å²) < 4.78 is 0. The Bertz CT molecular complexity index is 609. The van der Waals surface area contributed by atoms with Crippen molar-refractivity contribution in [2.24, 2.45) is 0 Å². The lowest BCUT2D eigenvalue weighted by Gasteiger charge is -2.27. The van der Waals surface area contributed by atoms with Crippen LogP contribution in [0.3, 0.4) is 0 Å². The summed E-state index contributed by atoms with van der Waals surface area (Å²) in [5.41, 5.74) is 7.27. The van der Waals surface area contributed by atoms with Crippen LogP contribution in [0.5, 0.6) is 0 Å². The Hall–Kier alpha value is -1.60. The highest BCUT2D eigenvalue weighted by molar-refractivity contribution is 5.35. The molecule has 0 fully saturated rings. The second kappa shape index (κ2) is 16.1. The SMILES string of the molecule is CCCCCCCCCCCCCCCCCC([NH3+])(c1ccccc1)c1ccccc1.